The molecule has 2 N–H and O–H groups in total. The Morgan fingerprint density at radius 2 is 1.88 bits per heavy atom. The van der Waals surface area contributed by atoms with Crippen molar-refractivity contribution in [2.24, 2.45) is 0 Å². The number of H-pyrrole nitrogens is 1. The fraction of sp³-hybridized carbons (Fsp3) is 0.200. The summed E-state index contributed by atoms with van der Waals surface area (Å²) in [6.45, 7) is 1.36. The van der Waals surface area contributed by atoms with Gasteiger partial charge in [0, 0.05) is 12.6 Å². The summed E-state index contributed by atoms with van der Waals surface area (Å²) in [5, 5.41) is 7.80. The third kappa shape index (κ3) is 4.00. The van der Waals surface area contributed by atoms with Gasteiger partial charge in [-0.2, -0.15) is 5.10 Å². The summed E-state index contributed by atoms with van der Waals surface area (Å²) in [5.74, 6) is -3.20. The van der Waals surface area contributed by atoms with Gasteiger partial charge in [-0.15, -0.1) is 0 Å². The summed E-state index contributed by atoms with van der Waals surface area (Å²) >= 11 is 0. The number of amides is 2. The molecule has 24 heavy (non-hydrogen) atoms. The van der Waals surface area contributed by atoms with Crippen LogP contribution >= 0.6 is 0 Å². The van der Waals surface area contributed by atoms with E-state index < -0.39 is 41.2 Å². The van der Waals surface area contributed by atoms with E-state index >= 15 is 0 Å². The molecule has 1 aromatic carbocycles. The molecule has 0 aliphatic carbocycles. The van der Waals surface area contributed by atoms with Crippen LogP contribution in [0.3, 0.4) is 0 Å². The van der Waals surface area contributed by atoms with Crippen LogP contribution in [0.4, 0.5) is 14.5 Å². The van der Waals surface area contributed by atoms with Crippen molar-refractivity contribution in [2.45, 2.75) is 6.92 Å². The summed E-state index contributed by atoms with van der Waals surface area (Å²) in [5.41, 5.74) is -1.10. The first kappa shape index (κ1) is 17.3. The predicted octanol–water partition coefficient (Wildman–Crippen LogP) is 1.15. The van der Waals surface area contributed by atoms with Crippen LogP contribution in [0.5, 0.6) is 0 Å². The highest BCUT2D eigenvalue weighted by molar-refractivity contribution is 5.98. The quantitative estimate of drug-likeness (QED) is 0.856. The summed E-state index contributed by atoms with van der Waals surface area (Å²) in [4.78, 5) is 36.3. The SMILES string of the molecule is CCN(CC(=O)Nc1c(F)cccc1F)C(=O)c1ccc(=O)[nH]n1. The van der Waals surface area contributed by atoms with Crippen LogP contribution in [0.1, 0.15) is 17.4 Å². The van der Waals surface area contributed by atoms with E-state index in [1.807, 2.05) is 0 Å². The minimum Gasteiger partial charge on any atom is -0.328 e. The molecule has 0 radical (unpaired) electrons. The molecule has 0 fully saturated rings. The predicted molar refractivity (Wildman–Crippen MR) is 81.4 cm³/mol. The second-order valence-corrected chi connectivity index (χ2v) is 4.77. The van der Waals surface area contributed by atoms with E-state index in [1.165, 1.54) is 12.1 Å². The summed E-state index contributed by atoms with van der Waals surface area (Å²) in [6.07, 6.45) is 0. The van der Waals surface area contributed by atoms with Gasteiger partial charge in [-0.1, -0.05) is 6.07 Å². The van der Waals surface area contributed by atoms with Crippen LogP contribution in [-0.4, -0.2) is 40.0 Å². The molecule has 0 spiro atoms. The monoisotopic (exact) mass is 336 g/mol. The Balaban J connectivity index is 2.09. The van der Waals surface area contributed by atoms with Gasteiger partial charge in [-0.3, -0.25) is 14.4 Å². The van der Waals surface area contributed by atoms with Crippen molar-refractivity contribution in [2.75, 3.05) is 18.4 Å². The summed E-state index contributed by atoms with van der Waals surface area (Å²) < 4.78 is 27.0. The zero-order valence-corrected chi connectivity index (χ0v) is 12.7. The van der Waals surface area contributed by atoms with Gasteiger partial charge in [0.05, 0.1) is 0 Å². The Kier molecular flexibility index (Phi) is 5.35. The standard InChI is InChI=1S/C15H14F2N4O3/c1-2-21(15(24)11-6-7-12(22)20-19-11)8-13(23)18-14-9(16)4-3-5-10(14)17/h3-7H,2,8H2,1H3,(H,18,23)(H,20,22). The summed E-state index contributed by atoms with van der Waals surface area (Å²) in [7, 11) is 0. The molecule has 0 saturated heterocycles. The Morgan fingerprint density at radius 1 is 1.21 bits per heavy atom. The Hall–Kier alpha value is -3.10. The second-order valence-electron chi connectivity index (χ2n) is 4.77. The average Bonchev–Trinajstić information content (AvgIpc) is 2.56. The lowest BCUT2D eigenvalue weighted by molar-refractivity contribution is -0.116. The van der Waals surface area contributed by atoms with Crippen LogP contribution in [0.15, 0.2) is 35.1 Å². The van der Waals surface area contributed by atoms with Gasteiger partial charge in [-0.25, -0.2) is 13.9 Å². The third-order valence-corrected chi connectivity index (χ3v) is 3.13. The van der Waals surface area contributed by atoms with Crippen LogP contribution in [-0.2, 0) is 4.79 Å². The molecule has 0 unspecified atom stereocenters. The number of benzene rings is 1. The van der Waals surface area contributed by atoms with E-state index in [2.05, 4.69) is 15.5 Å². The minimum atomic E-state index is -0.917. The highest BCUT2D eigenvalue weighted by Crippen LogP contribution is 2.17. The van der Waals surface area contributed by atoms with E-state index in [4.69, 9.17) is 0 Å². The van der Waals surface area contributed by atoms with Crippen molar-refractivity contribution >= 4 is 17.5 Å². The molecule has 0 aliphatic rings. The molecule has 1 heterocycles. The molecule has 7 nitrogen and oxygen atoms in total. The second kappa shape index (κ2) is 7.44. The molecule has 2 aromatic rings. The highest BCUT2D eigenvalue weighted by atomic mass is 19.1. The van der Waals surface area contributed by atoms with Gasteiger partial charge in [0.25, 0.3) is 11.5 Å². The largest absolute Gasteiger partial charge is 0.328 e. The van der Waals surface area contributed by atoms with Gasteiger partial charge in [0.2, 0.25) is 5.91 Å². The minimum absolute atomic E-state index is 0.0543. The first-order valence-corrected chi connectivity index (χ1v) is 7.01. The van der Waals surface area contributed by atoms with Gasteiger partial charge in [-0.05, 0) is 25.1 Å². The van der Waals surface area contributed by atoms with E-state index in [-0.39, 0.29) is 12.2 Å². The lowest BCUT2D eigenvalue weighted by Gasteiger charge is -2.19. The molecular formula is C15H14F2N4O3. The van der Waals surface area contributed by atoms with Crippen molar-refractivity contribution in [3.05, 3.63) is 58.0 Å². The van der Waals surface area contributed by atoms with Crippen LogP contribution in [0.2, 0.25) is 0 Å². The number of hydrogen-bond donors (Lipinski definition) is 2. The van der Waals surface area contributed by atoms with Crippen LogP contribution in [0.25, 0.3) is 0 Å². The van der Waals surface area contributed by atoms with E-state index in [0.717, 1.165) is 23.1 Å². The van der Waals surface area contributed by atoms with Crippen LogP contribution in [0, 0.1) is 11.6 Å². The molecule has 0 saturated carbocycles. The van der Waals surface area contributed by atoms with E-state index in [9.17, 15) is 23.2 Å². The lowest BCUT2D eigenvalue weighted by Crippen LogP contribution is -2.38. The zero-order valence-electron chi connectivity index (χ0n) is 12.7. The molecule has 126 valence electrons. The maximum Gasteiger partial charge on any atom is 0.274 e. The number of halogens is 2. The Morgan fingerprint density at radius 3 is 2.42 bits per heavy atom. The van der Waals surface area contributed by atoms with Gasteiger partial charge in [0.15, 0.2) is 0 Å². The molecule has 2 amide bonds. The first-order chi connectivity index (χ1) is 11.4. The van der Waals surface area contributed by atoms with Gasteiger partial charge < -0.3 is 10.2 Å². The molecular weight excluding hydrogens is 322 g/mol. The molecule has 2 rings (SSSR count). The Labute approximate surface area is 135 Å². The van der Waals surface area contributed by atoms with Crippen molar-refractivity contribution in [1.29, 1.82) is 0 Å². The fourth-order valence-electron chi connectivity index (χ4n) is 1.92. The topological polar surface area (TPSA) is 95.2 Å². The van der Waals surface area contributed by atoms with Gasteiger partial charge >= 0.3 is 0 Å². The maximum absolute atomic E-state index is 13.5. The van der Waals surface area contributed by atoms with Crippen LogP contribution < -0.4 is 10.9 Å². The van der Waals surface area contributed by atoms with Gasteiger partial charge in [0.1, 0.15) is 29.6 Å². The van der Waals surface area contributed by atoms with E-state index in [0.29, 0.717) is 0 Å². The molecule has 0 atom stereocenters. The van der Waals surface area contributed by atoms with Crippen molar-refractivity contribution in [1.82, 2.24) is 15.1 Å². The zero-order chi connectivity index (χ0) is 17.7. The van der Waals surface area contributed by atoms with Crippen molar-refractivity contribution in [3.63, 3.8) is 0 Å². The molecule has 9 heteroatoms. The average molecular weight is 336 g/mol. The maximum atomic E-state index is 13.5. The first-order valence-electron chi connectivity index (χ1n) is 7.01. The number of carbonyl (C=O) groups is 2. The number of para-hydroxylation sites is 1. The molecule has 0 bridgehead atoms. The number of rotatable bonds is 5. The number of aromatic nitrogens is 2. The number of likely N-dealkylation sites (N-methyl/N-ethyl adjacent to an activating group) is 1. The normalized spacial score (nSPS) is 10.3. The number of aromatic amines is 1. The highest BCUT2D eigenvalue weighted by Gasteiger charge is 2.20. The number of nitrogens with one attached hydrogen (secondary N) is 2. The number of nitrogens with zero attached hydrogens (tertiary/aromatic N) is 2. The molecule has 1 aromatic heterocycles. The smallest absolute Gasteiger partial charge is 0.274 e. The number of carbonyl (C=O) groups excluding carboxylic acids is 2. The molecule has 0 aliphatic heterocycles. The van der Waals surface area contributed by atoms with E-state index in [1.54, 1.807) is 6.92 Å². The van der Waals surface area contributed by atoms with Crippen molar-refractivity contribution < 1.29 is 18.4 Å². The lowest BCUT2D eigenvalue weighted by atomic mass is 10.2. The number of anilines is 1. The third-order valence-electron chi connectivity index (χ3n) is 3.13. The van der Waals surface area contributed by atoms with Crippen molar-refractivity contribution in [3.8, 4) is 0 Å². The Bertz CT molecular complexity index is 782. The fourth-order valence-corrected chi connectivity index (χ4v) is 1.92. The summed E-state index contributed by atoms with van der Waals surface area (Å²) in [6, 6.07) is 5.53. The number of hydrogen-bond acceptors (Lipinski definition) is 4.